The molecule has 3 atom stereocenters. The van der Waals surface area contributed by atoms with E-state index in [4.69, 9.17) is 0 Å². The zero-order valence-corrected chi connectivity index (χ0v) is 12.2. The van der Waals surface area contributed by atoms with Gasteiger partial charge in [-0.25, -0.2) is 0 Å². The van der Waals surface area contributed by atoms with Crippen LogP contribution in [0.4, 0.5) is 0 Å². The first-order valence-electron chi connectivity index (χ1n) is 6.88. The van der Waals surface area contributed by atoms with E-state index in [-0.39, 0.29) is 35.6 Å². The van der Waals surface area contributed by atoms with Crippen LogP contribution in [0.2, 0.25) is 0 Å². The number of likely N-dealkylation sites (N-methyl/N-ethyl adjacent to an activating group) is 1. The summed E-state index contributed by atoms with van der Waals surface area (Å²) in [5.74, 6) is -0.324. The molecule has 112 valence electrons. The summed E-state index contributed by atoms with van der Waals surface area (Å²) >= 11 is 0. The second kappa shape index (κ2) is 7.79. The van der Waals surface area contributed by atoms with Crippen LogP contribution in [0.15, 0.2) is 12.2 Å². The Balaban J connectivity index is 2.66. The van der Waals surface area contributed by atoms with Crippen LogP contribution in [-0.2, 0) is 14.4 Å². The van der Waals surface area contributed by atoms with E-state index < -0.39 is 0 Å². The summed E-state index contributed by atoms with van der Waals surface area (Å²) < 4.78 is 0. The highest BCUT2D eigenvalue weighted by atomic mass is 16.2. The number of hydrogen-bond acceptors (Lipinski definition) is 4. The molecule has 3 N–H and O–H groups in total. The SMILES string of the molecule is CN[C@@H](C)C(=O)N[C@H](/C=C/C(C)=O)C[C@@H]1CCNC1=O. The summed E-state index contributed by atoms with van der Waals surface area (Å²) in [5, 5.41) is 8.48. The summed E-state index contributed by atoms with van der Waals surface area (Å²) in [5.41, 5.74) is 0. The summed E-state index contributed by atoms with van der Waals surface area (Å²) in [4.78, 5) is 34.5. The van der Waals surface area contributed by atoms with E-state index in [2.05, 4.69) is 16.0 Å². The highest BCUT2D eigenvalue weighted by molar-refractivity contribution is 5.87. The third-order valence-corrected chi connectivity index (χ3v) is 3.42. The maximum absolute atomic E-state index is 11.9. The van der Waals surface area contributed by atoms with Crippen molar-refractivity contribution in [3.05, 3.63) is 12.2 Å². The molecule has 0 aromatic rings. The van der Waals surface area contributed by atoms with Gasteiger partial charge in [0.15, 0.2) is 5.78 Å². The predicted molar refractivity (Wildman–Crippen MR) is 76.0 cm³/mol. The number of amides is 2. The van der Waals surface area contributed by atoms with Gasteiger partial charge in [-0.15, -0.1) is 0 Å². The van der Waals surface area contributed by atoms with Gasteiger partial charge < -0.3 is 16.0 Å². The third kappa shape index (κ3) is 5.13. The van der Waals surface area contributed by atoms with Gasteiger partial charge >= 0.3 is 0 Å². The van der Waals surface area contributed by atoms with E-state index in [1.165, 1.54) is 13.0 Å². The molecule has 0 radical (unpaired) electrons. The Morgan fingerprint density at radius 3 is 2.70 bits per heavy atom. The van der Waals surface area contributed by atoms with Gasteiger partial charge in [0.1, 0.15) is 0 Å². The van der Waals surface area contributed by atoms with Gasteiger partial charge in [-0.05, 0) is 39.8 Å². The average Bonchev–Trinajstić information content (AvgIpc) is 2.80. The summed E-state index contributed by atoms with van der Waals surface area (Å²) in [7, 11) is 1.70. The highest BCUT2D eigenvalue weighted by Gasteiger charge is 2.27. The summed E-state index contributed by atoms with van der Waals surface area (Å²) in [6, 6.07) is -0.628. The van der Waals surface area contributed by atoms with Crippen molar-refractivity contribution in [2.75, 3.05) is 13.6 Å². The van der Waals surface area contributed by atoms with E-state index >= 15 is 0 Å². The Bertz CT molecular complexity index is 406. The van der Waals surface area contributed by atoms with E-state index in [0.717, 1.165) is 6.42 Å². The van der Waals surface area contributed by atoms with Crippen LogP contribution in [0.25, 0.3) is 0 Å². The molecule has 1 aliphatic heterocycles. The van der Waals surface area contributed by atoms with Crippen molar-refractivity contribution in [2.45, 2.75) is 38.8 Å². The number of carbonyl (C=O) groups is 3. The molecule has 2 amide bonds. The van der Waals surface area contributed by atoms with Crippen molar-refractivity contribution < 1.29 is 14.4 Å². The Labute approximate surface area is 119 Å². The van der Waals surface area contributed by atoms with Crippen LogP contribution >= 0.6 is 0 Å². The topological polar surface area (TPSA) is 87.3 Å². The molecule has 6 nitrogen and oxygen atoms in total. The number of ketones is 1. The molecule has 6 heteroatoms. The Kier molecular flexibility index (Phi) is 6.38. The maximum atomic E-state index is 11.9. The van der Waals surface area contributed by atoms with Crippen LogP contribution in [0.3, 0.4) is 0 Å². The van der Waals surface area contributed by atoms with Crippen LogP contribution in [0.5, 0.6) is 0 Å². The molecule has 1 aliphatic rings. The molecular weight excluding hydrogens is 258 g/mol. The number of nitrogens with one attached hydrogen (secondary N) is 3. The molecule has 0 unspecified atom stereocenters. The van der Waals surface area contributed by atoms with Gasteiger partial charge in [-0.1, -0.05) is 6.08 Å². The van der Waals surface area contributed by atoms with Crippen molar-refractivity contribution in [3.63, 3.8) is 0 Å². The molecule has 1 fully saturated rings. The minimum Gasteiger partial charge on any atom is -0.356 e. The molecule has 0 aromatic heterocycles. The number of rotatable bonds is 7. The Morgan fingerprint density at radius 1 is 1.50 bits per heavy atom. The fourth-order valence-electron chi connectivity index (χ4n) is 2.05. The van der Waals surface area contributed by atoms with Crippen LogP contribution in [0.1, 0.15) is 26.7 Å². The van der Waals surface area contributed by atoms with Gasteiger partial charge in [0.05, 0.1) is 6.04 Å². The average molecular weight is 281 g/mol. The molecule has 0 bridgehead atoms. The van der Waals surface area contributed by atoms with Gasteiger partial charge in [0.2, 0.25) is 11.8 Å². The van der Waals surface area contributed by atoms with Gasteiger partial charge in [-0.3, -0.25) is 14.4 Å². The first kappa shape index (κ1) is 16.4. The molecule has 0 saturated carbocycles. The van der Waals surface area contributed by atoms with E-state index in [1.807, 2.05) is 0 Å². The maximum Gasteiger partial charge on any atom is 0.237 e. The number of carbonyl (C=O) groups excluding carboxylic acids is 3. The molecule has 1 saturated heterocycles. The lowest BCUT2D eigenvalue weighted by atomic mass is 9.97. The smallest absolute Gasteiger partial charge is 0.237 e. The van der Waals surface area contributed by atoms with E-state index in [9.17, 15) is 14.4 Å². The highest BCUT2D eigenvalue weighted by Crippen LogP contribution is 2.16. The molecule has 20 heavy (non-hydrogen) atoms. The monoisotopic (exact) mass is 281 g/mol. The molecule has 1 heterocycles. The van der Waals surface area contributed by atoms with Crippen molar-refractivity contribution in [1.82, 2.24) is 16.0 Å². The molecule has 0 aromatic carbocycles. The van der Waals surface area contributed by atoms with Gasteiger partial charge in [-0.2, -0.15) is 0 Å². The summed E-state index contributed by atoms with van der Waals surface area (Å²) in [6.07, 6.45) is 4.37. The van der Waals surface area contributed by atoms with Gasteiger partial charge in [0, 0.05) is 18.5 Å². The van der Waals surface area contributed by atoms with Crippen LogP contribution in [0, 0.1) is 5.92 Å². The molecule has 0 aliphatic carbocycles. The quantitative estimate of drug-likeness (QED) is 0.562. The van der Waals surface area contributed by atoms with Crippen molar-refractivity contribution in [1.29, 1.82) is 0 Å². The number of hydrogen-bond donors (Lipinski definition) is 3. The minimum atomic E-state index is -0.319. The lowest BCUT2D eigenvalue weighted by molar-refractivity contribution is -0.125. The zero-order chi connectivity index (χ0) is 15.1. The lowest BCUT2D eigenvalue weighted by Gasteiger charge is -2.20. The lowest BCUT2D eigenvalue weighted by Crippen LogP contribution is -2.45. The van der Waals surface area contributed by atoms with E-state index in [1.54, 1.807) is 20.0 Å². The van der Waals surface area contributed by atoms with Crippen molar-refractivity contribution in [3.8, 4) is 0 Å². The predicted octanol–water partition coefficient (Wildman–Crippen LogP) is -0.249. The Morgan fingerprint density at radius 2 is 2.20 bits per heavy atom. The Hall–Kier alpha value is -1.69. The fourth-order valence-corrected chi connectivity index (χ4v) is 2.05. The second-order valence-corrected chi connectivity index (χ2v) is 5.11. The largest absolute Gasteiger partial charge is 0.356 e. The van der Waals surface area contributed by atoms with Crippen molar-refractivity contribution in [2.24, 2.45) is 5.92 Å². The minimum absolute atomic E-state index is 0.0159. The molecule has 1 rings (SSSR count). The van der Waals surface area contributed by atoms with E-state index in [0.29, 0.717) is 13.0 Å². The zero-order valence-electron chi connectivity index (χ0n) is 12.2. The molecule has 0 spiro atoms. The van der Waals surface area contributed by atoms with Crippen molar-refractivity contribution >= 4 is 17.6 Å². The number of allylic oxidation sites excluding steroid dienone is 1. The second-order valence-electron chi connectivity index (χ2n) is 5.11. The van der Waals surface area contributed by atoms with Crippen LogP contribution < -0.4 is 16.0 Å². The first-order chi connectivity index (χ1) is 9.43. The normalized spacial score (nSPS) is 21.6. The van der Waals surface area contributed by atoms with Crippen LogP contribution in [-0.4, -0.2) is 43.3 Å². The third-order valence-electron chi connectivity index (χ3n) is 3.42. The fraction of sp³-hybridized carbons (Fsp3) is 0.643. The summed E-state index contributed by atoms with van der Waals surface area (Å²) in [6.45, 7) is 3.88. The molecular formula is C14H23N3O3. The first-order valence-corrected chi connectivity index (χ1v) is 6.88. The van der Waals surface area contributed by atoms with Gasteiger partial charge in [0.25, 0.3) is 0 Å². The standard InChI is InChI=1S/C14H23N3O3/c1-9(18)4-5-12(17-13(19)10(2)15-3)8-11-6-7-16-14(11)20/h4-5,10-12,15H,6-8H2,1-3H3,(H,16,20)(H,17,19)/b5-4+/t10-,11-,12+/m0/s1.